The summed E-state index contributed by atoms with van der Waals surface area (Å²) in [5, 5.41) is 4.42. The first-order chi connectivity index (χ1) is 12.5. The highest BCUT2D eigenvalue weighted by atomic mass is 32.1. The van der Waals surface area contributed by atoms with Crippen molar-refractivity contribution in [3.8, 4) is 0 Å². The van der Waals surface area contributed by atoms with Crippen LogP contribution >= 0.6 is 11.3 Å². The Labute approximate surface area is 154 Å². The normalized spacial score (nSPS) is 10.7. The molecule has 0 saturated heterocycles. The molecule has 0 aliphatic rings. The van der Waals surface area contributed by atoms with E-state index in [1.165, 1.54) is 0 Å². The third-order valence-corrected chi connectivity index (χ3v) is 4.91. The van der Waals surface area contributed by atoms with E-state index >= 15 is 0 Å². The molecule has 3 aromatic rings. The monoisotopic (exact) mass is 369 g/mol. The maximum Gasteiger partial charge on any atom is 0.307 e. The van der Waals surface area contributed by atoms with Crippen LogP contribution in [0.5, 0.6) is 0 Å². The number of amides is 1. The molecule has 0 fully saturated rings. The molecule has 6 nitrogen and oxygen atoms in total. The zero-order valence-electron chi connectivity index (χ0n) is 14.3. The summed E-state index contributed by atoms with van der Waals surface area (Å²) in [6, 6.07) is 13.0. The van der Waals surface area contributed by atoms with E-state index < -0.39 is 0 Å². The lowest BCUT2D eigenvalue weighted by Gasteiger charge is -2.10. The molecular formula is C19H19N3O3S. The summed E-state index contributed by atoms with van der Waals surface area (Å²) in [5.41, 5.74) is 1.82. The second-order valence-electron chi connectivity index (χ2n) is 5.93. The molecule has 0 saturated carbocycles. The highest BCUT2D eigenvalue weighted by Crippen LogP contribution is 2.05. The van der Waals surface area contributed by atoms with Crippen molar-refractivity contribution in [1.29, 1.82) is 0 Å². The summed E-state index contributed by atoms with van der Waals surface area (Å²) < 4.78 is 3.11. The first-order valence-electron chi connectivity index (χ1n) is 8.23. The van der Waals surface area contributed by atoms with Crippen LogP contribution in [0.1, 0.15) is 17.7 Å². The van der Waals surface area contributed by atoms with Crippen molar-refractivity contribution >= 4 is 22.9 Å². The molecule has 0 bridgehead atoms. The molecular weight excluding hydrogens is 350 g/mol. The van der Waals surface area contributed by atoms with Crippen molar-refractivity contribution in [2.45, 2.75) is 26.4 Å². The standard InChI is InChI=1S/C19H19N3O3S/c1-14-13-26-19(25)22(14)11-9-17(23)20-16-8-5-10-21(18(16)24)12-15-6-3-2-4-7-15/h2-8,10,13H,9,11-12H2,1H3,(H,20,23). The Hall–Kier alpha value is -2.93. The fourth-order valence-electron chi connectivity index (χ4n) is 2.64. The quantitative estimate of drug-likeness (QED) is 0.725. The van der Waals surface area contributed by atoms with Crippen LogP contribution in [0.3, 0.4) is 0 Å². The van der Waals surface area contributed by atoms with Crippen LogP contribution in [0.15, 0.2) is 63.6 Å². The minimum atomic E-state index is -0.294. The van der Waals surface area contributed by atoms with Gasteiger partial charge in [-0.15, -0.1) is 0 Å². The molecule has 1 amide bonds. The molecule has 26 heavy (non-hydrogen) atoms. The Morgan fingerprint density at radius 1 is 1.12 bits per heavy atom. The third kappa shape index (κ3) is 4.18. The lowest BCUT2D eigenvalue weighted by molar-refractivity contribution is -0.116. The van der Waals surface area contributed by atoms with Gasteiger partial charge >= 0.3 is 4.87 Å². The molecule has 0 atom stereocenters. The highest BCUT2D eigenvalue weighted by molar-refractivity contribution is 7.07. The Kier molecular flexibility index (Phi) is 5.48. The third-order valence-electron chi connectivity index (χ3n) is 4.03. The van der Waals surface area contributed by atoms with Crippen molar-refractivity contribution in [3.05, 3.63) is 85.3 Å². The number of thiazole rings is 1. The van der Waals surface area contributed by atoms with Gasteiger partial charge in [-0.05, 0) is 24.6 Å². The topological polar surface area (TPSA) is 73.1 Å². The average molecular weight is 369 g/mol. The molecule has 134 valence electrons. The minimum Gasteiger partial charge on any atom is -0.321 e. The molecule has 0 unspecified atom stereocenters. The van der Waals surface area contributed by atoms with Crippen LogP contribution in [-0.2, 0) is 17.9 Å². The van der Waals surface area contributed by atoms with Crippen molar-refractivity contribution in [3.63, 3.8) is 0 Å². The number of hydrogen-bond acceptors (Lipinski definition) is 4. The van der Waals surface area contributed by atoms with Gasteiger partial charge in [0.15, 0.2) is 0 Å². The fourth-order valence-corrected chi connectivity index (χ4v) is 3.40. The van der Waals surface area contributed by atoms with Gasteiger partial charge in [0.25, 0.3) is 5.56 Å². The first-order valence-corrected chi connectivity index (χ1v) is 9.11. The Balaban J connectivity index is 1.68. The molecule has 3 rings (SSSR count). The second kappa shape index (κ2) is 7.97. The number of pyridine rings is 1. The average Bonchev–Trinajstić information content (AvgIpc) is 2.95. The zero-order valence-corrected chi connectivity index (χ0v) is 15.2. The van der Waals surface area contributed by atoms with Gasteiger partial charge in [-0.1, -0.05) is 41.7 Å². The van der Waals surface area contributed by atoms with Gasteiger partial charge in [-0.3, -0.25) is 14.4 Å². The van der Waals surface area contributed by atoms with E-state index in [4.69, 9.17) is 0 Å². The SMILES string of the molecule is Cc1csc(=O)n1CCC(=O)Nc1cccn(Cc2ccccc2)c1=O. The summed E-state index contributed by atoms with van der Waals surface area (Å²) in [7, 11) is 0. The molecule has 0 aliphatic carbocycles. The van der Waals surface area contributed by atoms with Crippen LogP contribution in [0.25, 0.3) is 0 Å². The van der Waals surface area contributed by atoms with Crippen LogP contribution in [0.4, 0.5) is 5.69 Å². The van der Waals surface area contributed by atoms with E-state index in [2.05, 4.69) is 5.32 Å². The lowest BCUT2D eigenvalue weighted by atomic mass is 10.2. The zero-order chi connectivity index (χ0) is 18.5. The van der Waals surface area contributed by atoms with Gasteiger partial charge < -0.3 is 14.5 Å². The van der Waals surface area contributed by atoms with Gasteiger partial charge in [-0.25, -0.2) is 0 Å². The molecule has 0 radical (unpaired) electrons. The van der Waals surface area contributed by atoms with Gasteiger partial charge in [0.1, 0.15) is 5.69 Å². The van der Waals surface area contributed by atoms with Crippen molar-refractivity contribution in [1.82, 2.24) is 9.13 Å². The van der Waals surface area contributed by atoms with Crippen molar-refractivity contribution < 1.29 is 4.79 Å². The molecule has 2 heterocycles. The molecule has 2 aromatic heterocycles. The van der Waals surface area contributed by atoms with E-state index in [1.807, 2.05) is 37.3 Å². The summed E-state index contributed by atoms with van der Waals surface area (Å²) in [5.74, 6) is -0.294. The number of rotatable bonds is 6. The van der Waals surface area contributed by atoms with Crippen LogP contribution in [0.2, 0.25) is 0 Å². The predicted octanol–water partition coefficient (Wildman–Crippen LogP) is 2.46. The van der Waals surface area contributed by atoms with Crippen LogP contribution in [0, 0.1) is 6.92 Å². The predicted molar refractivity (Wildman–Crippen MR) is 103 cm³/mol. The Morgan fingerprint density at radius 3 is 2.58 bits per heavy atom. The van der Waals surface area contributed by atoms with Crippen LogP contribution in [-0.4, -0.2) is 15.0 Å². The number of nitrogens with one attached hydrogen (secondary N) is 1. The molecule has 0 spiro atoms. The minimum absolute atomic E-state index is 0.0831. The molecule has 1 aromatic carbocycles. The van der Waals surface area contributed by atoms with E-state index in [-0.39, 0.29) is 28.4 Å². The first kappa shape index (κ1) is 17.9. The summed E-state index contributed by atoms with van der Waals surface area (Å²) in [6.45, 7) is 2.56. The summed E-state index contributed by atoms with van der Waals surface area (Å²) in [6.07, 6.45) is 1.82. The maximum atomic E-state index is 12.5. The molecule has 0 aliphatic heterocycles. The Bertz CT molecular complexity index is 1020. The van der Waals surface area contributed by atoms with Crippen molar-refractivity contribution in [2.24, 2.45) is 0 Å². The van der Waals surface area contributed by atoms with Gasteiger partial charge in [-0.2, -0.15) is 0 Å². The molecule has 7 heteroatoms. The van der Waals surface area contributed by atoms with Gasteiger partial charge in [0.2, 0.25) is 5.91 Å². The number of benzene rings is 1. The number of carbonyl (C=O) groups is 1. The van der Waals surface area contributed by atoms with E-state index in [0.29, 0.717) is 13.1 Å². The fraction of sp³-hybridized carbons (Fsp3) is 0.211. The van der Waals surface area contributed by atoms with Gasteiger partial charge in [0, 0.05) is 30.2 Å². The smallest absolute Gasteiger partial charge is 0.307 e. The largest absolute Gasteiger partial charge is 0.321 e. The highest BCUT2D eigenvalue weighted by Gasteiger charge is 2.10. The summed E-state index contributed by atoms with van der Waals surface area (Å²) >= 11 is 1.11. The van der Waals surface area contributed by atoms with Gasteiger partial charge in [0.05, 0.1) is 6.54 Å². The summed E-state index contributed by atoms with van der Waals surface area (Å²) in [4.78, 5) is 36.3. The molecule has 1 N–H and O–H groups in total. The maximum absolute atomic E-state index is 12.5. The number of nitrogens with zero attached hydrogens (tertiary/aromatic N) is 2. The van der Waals surface area contributed by atoms with E-state index in [9.17, 15) is 14.4 Å². The lowest BCUT2D eigenvalue weighted by Crippen LogP contribution is -2.27. The van der Waals surface area contributed by atoms with E-state index in [0.717, 1.165) is 22.6 Å². The van der Waals surface area contributed by atoms with Crippen LogP contribution < -0.4 is 15.7 Å². The van der Waals surface area contributed by atoms with Crippen molar-refractivity contribution in [2.75, 3.05) is 5.32 Å². The number of carbonyl (C=O) groups excluding carboxylic acids is 1. The second-order valence-corrected chi connectivity index (χ2v) is 6.75. The number of aryl methyl sites for hydroxylation is 1. The van der Waals surface area contributed by atoms with E-state index in [1.54, 1.807) is 32.8 Å². The number of anilines is 1. The number of hydrogen-bond donors (Lipinski definition) is 1. The Morgan fingerprint density at radius 2 is 1.88 bits per heavy atom. The number of aromatic nitrogens is 2.